The topological polar surface area (TPSA) is 41.1 Å². The maximum atomic E-state index is 11.9. The second kappa shape index (κ2) is 9.34. The fourth-order valence-electron chi connectivity index (χ4n) is 1.92. The smallest absolute Gasteiger partial charge is 0.265 e. The third-order valence-corrected chi connectivity index (χ3v) is 3.03. The molecule has 3 nitrogen and oxygen atoms in total. The Bertz CT molecular complexity index is 376. The lowest BCUT2D eigenvalue weighted by Gasteiger charge is -2.17. The van der Waals surface area contributed by atoms with E-state index in [-0.39, 0.29) is 11.9 Å². The average Bonchev–Trinajstić information content (AvgIpc) is 2.45. The Balaban J connectivity index is 2.38. The first-order chi connectivity index (χ1) is 9.27. The van der Waals surface area contributed by atoms with Crippen molar-refractivity contribution in [3.63, 3.8) is 0 Å². The molecule has 2 N–H and O–H groups in total. The zero-order valence-electron chi connectivity index (χ0n) is 11.7. The van der Waals surface area contributed by atoms with Crippen molar-refractivity contribution in [2.45, 2.75) is 45.1 Å². The van der Waals surface area contributed by atoms with Gasteiger partial charge in [0.25, 0.3) is 5.91 Å². The first-order valence-corrected chi connectivity index (χ1v) is 6.99. The molecule has 0 saturated heterocycles. The summed E-state index contributed by atoms with van der Waals surface area (Å²) in [6, 6.07) is 9.48. The largest absolute Gasteiger partial charge is 0.287 e. The van der Waals surface area contributed by atoms with Gasteiger partial charge in [0.1, 0.15) is 0 Å². The zero-order chi connectivity index (χ0) is 13.9. The highest BCUT2D eigenvalue weighted by Crippen LogP contribution is 2.06. The van der Waals surface area contributed by atoms with E-state index in [1.807, 2.05) is 24.3 Å². The molecule has 19 heavy (non-hydrogen) atoms. The van der Waals surface area contributed by atoms with Crippen LogP contribution in [0.4, 0.5) is 0 Å². The Morgan fingerprint density at radius 3 is 2.68 bits per heavy atom. The summed E-state index contributed by atoms with van der Waals surface area (Å²) in [5.41, 5.74) is 6.55. The first-order valence-electron chi connectivity index (χ1n) is 6.99. The minimum absolute atomic E-state index is 0.0925. The van der Waals surface area contributed by atoms with Gasteiger partial charge in [-0.3, -0.25) is 10.2 Å². The number of hydrazine groups is 1. The summed E-state index contributed by atoms with van der Waals surface area (Å²) in [7, 11) is 0. The van der Waals surface area contributed by atoms with E-state index < -0.39 is 0 Å². The van der Waals surface area contributed by atoms with Gasteiger partial charge in [-0.25, -0.2) is 5.43 Å². The molecule has 1 aromatic carbocycles. The minimum Gasteiger partial charge on any atom is -0.287 e. The number of carbonyl (C=O) groups is 1. The van der Waals surface area contributed by atoms with E-state index in [0.29, 0.717) is 5.56 Å². The lowest BCUT2D eigenvalue weighted by atomic mass is 10.1. The maximum Gasteiger partial charge on any atom is 0.265 e. The summed E-state index contributed by atoms with van der Waals surface area (Å²) in [6.45, 7) is 5.95. The highest BCUT2D eigenvalue weighted by molar-refractivity contribution is 5.93. The van der Waals surface area contributed by atoms with Crippen LogP contribution in [0.25, 0.3) is 0 Å². The van der Waals surface area contributed by atoms with Gasteiger partial charge in [-0.15, -0.1) is 6.58 Å². The molecule has 0 bridgehead atoms. The Morgan fingerprint density at radius 2 is 2.05 bits per heavy atom. The van der Waals surface area contributed by atoms with E-state index in [1.54, 1.807) is 12.1 Å². The summed E-state index contributed by atoms with van der Waals surface area (Å²) in [5, 5.41) is 0. The van der Waals surface area contributed by atoms with Crippen molar-refractivity contribution in [2.24, 2.45) is 0 Å². The Hall–Kier alpha value is -1.61. The van der Waals surface area contributed by atoms with Crippen LogP contribution in [-0.4, -0.2) is 11.9 Å². The van der Waals surface area contributed by atoms with Gasteiger partial charge in [0.15, 0.2) is 0 Å². The van der Waals surface area contributed by atoms with Gasteiger partial charge < -0.3 is 0 Å². The van der Waals surface area contributed by atoms with Gasteiger partial charge in [-0.05, 0) is 25.0 Å². The standard InChI is InChI=1S/C16H24N2O/c1-3-5-7-13-15(10-4-2)17-18-16(19)14-11-8-6-9-12-14/h4,6,8-9,11-12,15,17H,2-3,5,7,10,13H2,1H3,(H,18,19). The van der Waals surface area contributed by atoms with Crippen LogP contribution < -0.4 is 10.9 Å². The van der Waals surface area contributed by atoms with Crippen molar-refractivity contribution in [2.75, 3.05) is 0 Å². The lowest BCUT2D eigenvalue weighted by molar-refractivity contribution is 0.0923. The number of hydrogen-bond donors (Lipinski definition) is 2. The molecule has 1 unspecified atom stereocenters. The van der Waals surface area contributed by atoms with Crippen LogP contribution >= 0.6 is 0 Å². The molecular weight excluding hydrogens is 236 g/mol. The molecule has 0 heterocycles. The summed E-state index contributed by atoms with van der Waals surface area (Å²) in [6.07, 6.45) is 7.40. The molecule has 1 rings (SSSR count). The lowest BCUT2D eigenvalue weighted by Crippen LogP contribution is -2.44. The molecule has 0 aliphatic carbocycles. The second-order valence-electron chi connectivity index (χ2n) is 4.68. The van der Waals surface area contributed by atoms with E-state index in [4.69, 9.17) is 0 Å². The zero-order valence-corrected chi connectivity index (χ0v) is 11.7. The quantitative estimate of drug-likeness (QED) is 0.405. The van der Waals surface area contributed by atoms with Gasteiger partial charge in [0, 0.05) is 11.6 Å². The highest BCUT2D eigenvalue weighted by atomic mass is 16.2. The Morgan fingerprint density at radius 1 is 1.32 bits per heavy atom. The second-order valence-corrected chi connectivity index (χ2v) is 4.68. The van der Waals surface area contributed by atoms with Crippen molar-refractivity contribution in [1.29, 1.82) is 0 Å². The normalized spacial score (nSPS) is 11.8. The molecule has 1 atom stereocenters. The maximum absolute atomic E-state index is 11.9. The molecule has 0 aromatic heterocycles. The van der Waals surface area contributed by atoms with Crippen LogP contribution in [0.15, 0.2) is 43.0 Å². The van der Waals surface area contributed by atoms with Gasteiger partial charge in [0.05, 0.1) is 0 Å². The number of unbranched alkanes of at least 4 members (excludes halogenated alkanes) is 2. The highest BCUT2D eigenvalue weighted by Gasteiger charge is 2.09. The molecule has 1 amide bonds. The summed E-state index contributed by atoms with van der Waals surface area (Å²) in [5.74, 6) is -0.0925. The molecule has 3 heteroatoms. The summed E-state index contributed by atoms with van der Waals surface area (Å²) >= 11 is 0. The first kappa shape index (κ1) is 15.4. The predicted octanol–water partition coefficient (Wildman–Crippen LogP) is 3.45. The number of hydrogen-bond acceptors (Lipinski definition) is 2. The van der Waals surface area contributed by atoms with Crippen LogP contribution in [0.3, 0.4) is 0 Å². The van der Waals surface area contributed by atoms with Crippen molar-refractivity contribution >= 4 is 5.91 Å². The number of amides is 1. The number of nitrogens with one attached hydrogen (secondary N) is 2. The van der Waals surface area contributed by atoms with E-state index >= 15 is 0 Å². The molecular formula is C16H24N2O. The van der Waals surface area contributed by atoms with E-state index in [2.05, 4.69) is 24.4 Å². The molecule has 0 radical (unpaired) electrons. The van der Waals surface area contributed by atoms with Crippen LogP contribution in [0.2, 0.25) is 0 Å². The van der Waals surface area contributed by atoms with Gasteiger partial charge in [-0.1, -0.05) is 50.5 Å². The van der Waals surface area contributed by atoms with Crippen molar-refractivity contribution < 1.29 is 4.79 Å². The third-order valence-electron chi connectivity index (χ3n) is 3.03. The Kier molecular flexibility index (Phi) is 7.59. The van der Waals surface area contributed by atoms with Crippen LogP contribution in [0.5, 0.6) is 0 Å². The fourth-order valence-corrected chi connectivity index (χ4v) is 1.92. The van der Waals surface area contributed by atoms with Gasteiger partial charge in [0.2, 0.25) is 0 Å². The van der Waals surface area contributed by atoms with Crippen molar-refractivity contribution in [3.8, 4) is 0 Å². The van der Waals surface area contributed by atoms with E-state index in [0.717, 1.165) is 12.8 Å². The third kappa shape index (κ3) is 6.20. The minimum atomic E-state index is -0.0925. The van der Waals surface area contributed by atoms with Crippen LogP contribution in [0.1, 0.15) is 49.4 Å². The monoisotopic (exact) mass is 260 g/mol. The average molecular weight is 260 g/mol. The molecule has 0 aliphatic rings. The van der Waals surface area contributed by atoms with Crippen molar-refractivity contribution in [1.82, 2.24) is 10.9 Å². The molecule has 0 saturated carbocycles. The summed E-state index contributed by atoms with van der Waals surface area (Å²) < 4.78 is 0. The SMILES string of the molecule is C=CCC(CCCCC)NNC(=O)c1ccccc1. The Labute approximate surface area is 116 Å². The number of benzene rings is 1. The molecule has 0 spiro atoms. The molecule has 0 fully saturated rings. The number of carbonyl (C=O) groups excluding carboxylic acids is 1. The molecule has 104 valence electrons. The van der Waals surface area contributed by atoms with Crippen LogP contribution in [0, 0.1) is 0 Å². The van der Waals surface area contributed by atoms with Crippen LogP contribution in [-0.2, 0) is 0 Å². The summed E-state index contributed by atoms with van der Waals surface area (Å²) in [4.78, 5) is 11.9. The van der Waals surface area contributed by atoms with E-state index in [9.17, 15) is 4.79 Å². The fraction of sp³-hybridized carbons (Fsp3) is 0.438. The van der Waals surface area contributed by atoms with Crippen molar-refractivity contribution in [3.05, 3.63) is 48.6 Å². The molecule has 1 aromatic rings. The number of rotatable bonds is 9. The molecule has 0 aliphatic heterocycles. The van der Waals surface area contributed by atoms with E-state index in [1.165, 1.54) is 19.3 Å². The van der Waals surface area contributed by atoms with Gasteiger partial charge >= 0.3 is 0 Å². The predicted molar refractivity (Wildman–Crippen MR) is 79.8 cm³/mol. The van der Waals surface area contributed by atoms with Gasteiger partial charge in [-0.2, -0.15) is 0 Å².